The number of hydrogen-bond acceptors (Lipinski definition) is 6. The van der Waals surface area contributed by atoms with Gasteiger partial charge in [0.25, 0.3) is 5.91 Å². The molecule has 1 rings (SSSR count). The first-order valence-corrected chi connectivity index (χ1v) is 2.99. The van der Waals surface area contributed by atoms with Crippen molar-refractivity contribution >= 4 is 11.7 Å². The number of carbonyl (C=O) groups excluding carboxylic acids is 1. The van der Waals surface area contributed by atoms with Crippen LogP contribution in [0.1, 0.15) is 10.5 Å². The third kappa shape index (κ3) is 1.49. The van der Waals surface area contributed by atoms with Gasteiger partial charge in [0.1, 0.15) is 6.54 Å². The smallest absolute Gasteiger partial charge is 0.278 e. The van der Waals surface area contributed by atoms with Crippen LogP contribution in [-0.2, 0) is 0 Å². The summed E-state index contributed by atoms with van der Waals surface area (Å²) in [5.74, 6) is -0.666. The second-order valence-electron chi connectivity index (χ2n) is 1.84. The van der Waals surface area contributed by atoms with Crippen molar-refractivity contribution in [2.75, 3.05) is 12.3 Å². The molecule has 0 bridgehead atoms. The molecular formula is C5H5N5O2. The Morgan fingerprint density at radius 1 is 1.75 bits per heavy atom. The van der Waals surface area contributed by atoms with Crippen molar-refractivity contribution in [1.82, 2.24) is 15.6 Å². The normalized spacial score (nSPS) is 8.92. The second-order valence-corrected chi connectivity index (χ2v) is 1.84. The maximum Gasteiger partial charge on any atom is 0.278 e. The van der Waals surface area contributed by atoms with Crippen LogP contribution in [0.5, 0.6) is 0 Å². The Morgan fingerprint density at radius 3 is 3.00 bits per heavy atom. The fraction of sp³-hybridized carbons (Fsp3) is 0.200. The molecule has 0 spiro atoms. The number of nitrogens with zero attached hydrogens (tertiary/aromatic N) is 3. The molecule has 0 radical (unpaired) electrons. The lowest BCUT2D eigenvalue weighted by atomic mass is 10.4. The number of hydrogen-bond donors (Lipinski definition) is 2. The first-order chi connectivity index (χ1) is 5.75. The molecule has 3 N–H and O–H groups in total. The minimum Gasteiger partial charge on any atom is -0.379 e. The van der Waals surface area contributed by atoms with E-state index >= 15 is 0 Å². The largest absolute Gasteiger partial charge is 0.379 e. The minimum absolute atomic E-state index is 0.0922. The van der Waals surface area contributed by atoms with Crippen molar-refractivity contribution in [3.8, 4) is 6.07 Å². The second kappa shape index (κ2) is 3.34. The van der Waals surface area contributed by atoms with E-state index < -0.39 is 5.91 Å². The summed E-state index contributed by atoms with van der Waals surface area (Å²) in [5.41, 5.74) is 5.10. The van der Waals surface area contributed by atoms with Gasteiger partial charge in [-0.05, 0) is 10.3 Å². The zero-order valence-corrected chi connectivity index (χ0v) is 5.94. The van der Waals surface area contributed by atoms with Crippen LogP contribution in [0.2, 0.25) is 0 Å². The number of nitrogens with one attached hydrogen (secondary N) is 1. The Bertz CT molecular complexity index is 325. The van der Waals surface area contributed by atoms with Gasteiger partial charge in [0.15, 0.2) is 0 Å². The van der Waals surface area contributed by atoms with Crippen LogP contribution in [0.15, 0.2) is 4.63 Å². The highest BCUT2D eigenvalue weighted by molar-refractivity contribution is 5.96. The highest BCUT2D eigenvalue weighted by Crippen LogP contribution is 2.02. The molecule has 1 heterocycles. The molecule has 1 aromatic heterocycles. The van der Waals surface area contributed by atoms with E-state index in [9.17, 15) is 4.79 Å². The number of nitrogens with two attached hydrogens (primary N) is 1. The summed E-state index contributed by atoms with van der Waals surface area (Å²) < 4.78 is 4.18. The number of amides is 1. The van der Waals surface area contributed by atoms with E-state index in [1.54, 1.807) is 6.07 Å². The van der Waals surface area contributed by atoms with Gasteiger partial charge < -0.3 is 11.1 Å². The maximum absolute atomic E-state index is 11.0. The number of nitriles is 1. The predicted molar refractivity (Wildman–Crippen MR) is 36.7 cm³/mol. The monoisotopic (exact) mass is 167 g/mol. The molecule has 7 nitrogen and oxygen atoms in total. The summed E-state index contributed by atoms with van der Waals surface area (Å²) in [4.78, 5) is 11.0. The Morgan fingerprint density at radius 2 is 2.50 bits per heavy atom. The van der Waals surface area contributed by atoms with Gasteiger partial charge in [-0.2, -0.15) is 5.26 Å². The first kappa shape index (κ1) is 8.00. The van der Waals surface area contributed by atoms with E-state index in [1.807, 2.05) is 0 Å². The molecule has 1 amide bonds. The SMILES string of the molecule is N#CCNC(=O)c1nonc1N. The van der Waals surface area contributed by atoms with E-state index in [4.69, 9.17) is 11.0 Å². The van der Waals surface area contributed by atoms with Crippen LogP contribution in [0.3, 0.4) is 0 Å². The zero-order valence-electron chi connectivity index (χ0n) is 5.94. The number of aromatic nitrogens is 2. The molecule has 0 saturated carbocycles. The lowest BCUT2D eigenvalue weighted by molar-refractivity contribution is 0.0949. The quantitative estimate of drug-likeness (QED) is 0.540. The van der Waals surface area contributed by atoms with Crippen LogP contribution in [0, 0.1) is 11.3 Å². The summed E-state index contributed by atoms with van der Waals surface area (Å²) in [5, 5.41) is 16.8. The minimum atomic E-state index is -0.574. The molecule has 0 aliphatic carbocycles. The van der Waals surface area contributed by atoms with Gasteiger partial charge >= 0.3 is 0 Å². The average molecular weight is 167 g/mol. The number of nitrogen functional groups attached to an aromatic ring is 1. The standard InChI is InChI=1S/C5H5N5O2/c6-1-2-8-5(11)3-4(7)10-12-9-3/h2H2,(H2,7,10)(H,8,11). The predicted octanol–water partition coefficient (Wildman–Crippen LogP) is -1.09. The molecular weight excluding hydrogens is 162 g/mol. The van der Waals surface area contributed by atoms with Gasteiger partial charge in [0, 0.05) is 0 Å². The van der Waals surface area contributed by atoms with Crippen molar-refractivity contribution in [2.24, 2.45) is 0 Å². The van der Waals surface area contributed by atoms with Gasteiger partial charge in [-0.25, -0.2) is 4.63 Å². The molecule has 0 fully saturated rings. The molecule has 0 atom stereocenters. The molecule has 12 heavy (non-hydrogen) atoms. The lowest BCUT2D eigenvalue weighted by Crippen LogP contribution is -2.24. The molecule has 7 heteroatoms. The first-order valence-electron chi connectivity index (χ1n) is 2.99. The molecule has 0 saturated heterocycles. The van der Waals surface area contributed by atoms with Gasteiger partial charge in [0.2, 0.25) is 11.5 Å². The van der Waals surface area contributed by atoms with Crippen molar-refractivity contribution < 1.29 is 9.42 Å². The van der Waals surface area contributed by atoms with E-state index in [2.05, 4.69) is 20.3 Å². The lowest BCUT2D eigenvalue weighted by Gasteiger charge is -1.93. The van der Waals surface area contributed by atoms with Crippen molar-refractivity contribution in [3.05, 3.63) is 5.69 Å². The molecule has 1 aromatic rings. The maximum atomic E-state index is 11.0. The third-order valence-electron chi connectivity index (χ3n) is 1.06. The molecule has 0 aliphatic heterocycles. The van der Waals surface area contributed by atoms with Gasteiger partial charge in [0.05, 0.1) is 6.07 Å². The van der Waals surface area contributed by atoms with Gasteiger partial charge in [-0.1, -0.05) is 0 Å². The Kier molecular flexibility index (Phi) is 2.23. The van der Waals surface area contributed by atoms with Crippen molar-refractivity contribution in [1.29, 1.82) is 5.26 Å². The highest BCUT2D eigenvalue weighted by Gasteiger charge is 2.14. The fourth-order valence-electron chi connectivity index (χ4n) is 0.557. The molecule has 0 aliphatic rings. The van der Waals surface area contributed by atoms with E-state index in [-0.39, 0.29) is 18.1 Å². The fourth-order valence-corrected chi connectivity index (χ4v) is 0.557. The summed E-state index contributed by atoms with van der Waals surface area (Å²) in [6.45, 7) is -0.106. The Hall–Kier alpha value is -2.10. The van der Waals surface area contributed by atoms with Crippen LogP contribution in [0.4, 0.5) is 5.82 Å². The molecule has 0 unspecified atom stereocenters. The Labute approximate surface area is 67.1 Å². The highest BCUT2D eigenvalue weighted by atomic mass is 16.6. The number of carbonyl (C=O) groups is 1. The number of rotatable bonds is 2. The summed E-state index contributed by atoms with van der Waals surface area (Å²) in [6.07, 6.45) is 0. The van der Waals surface area contributed by atoms with E-state index in [0.717, 1.165) is 0 Å². The summed E-state index contributed by atoms with van der Waals surface area (Å²) in [6, 6.07) is 1.73. The zero-order chi connectivity index (χ0) is 8.97. The number of anilines is 1. The average Bonchev–Trinajstić information content (AvgIpc) is 2.47. The van der Waals surface area contributed by atoms with Crippen LogP contribution < -0.4 is 11.1 Å². The van der Waals surface area contributed by atoms with E-state index in [0.29, 0.717) is 0 Å². The molecule has 0 aromatic carbocycles. The molecule has 62 valence electrons. The van der Waals surface area contributed by atoms with Gasteiger partial charge in [-0.3, -0.25) is 4.79 Å². The third-order valence-corrected chi connectivity index (χ3v) is 1.06. The van der Waals surface area contributed by atoms with Crippen LogP contribution in [-0.4, -0.2) is 22.8 Å². The Balaban J connectivity index is 2.67. The van der Waals surface area contributed by atoms with Crippen LogP contribution >= 0.6 is 0 Å². The van der Waals surface area contributed by atoms with Crippen molar-refractivity contribution in [3.63, 3.8) is 0 Å². The summed E-state index contributed by atoms with van der Waals surface area (Å²) >= 11 is 0. The summed E-state index contributed by atoms with van der Waals surface area (Å²) in [7, 11) is 0. The van der Waals surface area contributed by atoms with E-state index in [1.165, 1.54) is 0 Å². The topological polar surface area (TPSA) is 118 Å². The van der Waals surface area contributed by atoms with Gasteiger partial charge in [-0.15, -0.1) is 0 Å². The van der Waals surface area contributed by atoms with Crippen LogP contribution in [0.25, 0.3) is 0 Å². The van der Waals surface area contributed by atoms with Crippen molar-refractivity contribution in [2.45, 2.75) is 0 Å².